The van der Waals surface area contributed by atoms with Crippen LogP contribution >= 0.6 is 11.3 Å². The zero-order valence-electron chi connectivity index (χ0n) is 17.9. The van der Waals surface area contributed by atoms with Gasteiger partial charge in [0.05, 0.1) is 17.3 Å². The Kier molecular flexibility index (Phi) is 7.02. The Morgan fingerprint density at radius 3 is 2.44 bits per heavy atom. The third-order valence-electron chi connectivity index (χ3n) is 6.02. The predicted octanol–water partition coefficient (Wildman–Crippen LogP) is 3.85. The molecule has 1 fully saturated rings. The van der Waals surface area contributed by atoms with Crippen LogP contribution in [-0.4, -0.2) is 41.5 Å². The fourth-order valence-electron chi connectivity index (χ4n) is 4.26. The van der Waals surface area contributed by atoms with Gasteiger partial charge in [-0.1, -0.05) is 66.7 Å². The van der Waals surface area contributed by atoms with Crippen LogP contribution in [0.3, 0.4) is 0 Å². The first kappa shape index (κ1) is 22.2. The van der Waals surface area contributed by atoms with E-state index in [1.165, 1.54) is 11.3 Å². The summed E-state index contributed by atoms with van der Waals surface area (Å²) < 4.78 is 0. The first-order chi connectivity index (χ1) is 15.5. The molecule has 1 aromatic heterocycles. The quantitative estimate of drug-likeness (QED) is 0.577. The number of hydrogen-bond donors (Lipinski definition) is 2. The van der Waals surface area contributed by atoms with Crippen molar-refractivity contribution in [3.8, 4) is 0 Å². The molecule has 5 nitrogen and oxygen atoms in total. The first-order valence-corrected chi connectivity index (χ1v) is 11.9. The number of nitrogens with zero attached hydrogens (tertiary/aromatic N) is 1. The van der Waals surface area contributed by atoms with Gasteiger partial charge in [0, 0.05) is 19.5 Å². The van der Waals surface area contributed by atoms with Gasteiger partial charge in [0.25, 0.3) is 5.91 Å². The molecular formula is C26H28N2O3S. The van der Waals surface area contributed by atoms with E-state index in [0.29, 0.717) is 24.4 Å². The fourth-order valence-corrected chi connectivity index (χ4v) is 4.95. The van der Waals surface area contributed by atoms with Gasteiger partial charge >= 0.3 is 0 Å². The molecule has 32 heavy (non-hydrogen) atoms. The molecule has 2 aromatic carbocycles. The van der Waals surface area contributed by atoms with Gasteiger partial charge in [-0.15, -0.1) is 11.3 Å². The predicted molar refractivity (Wildman–Crippen MR) is 126 cm³/mol. The summed E-state index contributed by atoms with van der Waals surface area (Å²) in [6.07, 6.45) is 1.93. The molecule has 1 aliphatic rings. The zero-order valence-corrected chi connectivity index (χ0v) is 18.8. The summed E-state index contributed by atoms with van der Waals surface area (Å²) in [4.78, 5) is 28.2. The van der Waals surface area contributed by atoms with Crippen LogP contribution in [0.4, 0.5) is 0 Å². The number of piperidine rings is 1. The third-order valence-corrected chi connectivity index (χ3v) is 6.87. The molecule has 0 radical (unpaired) electrons. The lowest BCUT2D eigenvalue weighted by atomic mass is 9.86. The second-order valence-electron chi connectivity index (χ2n) is 8.35. The van der Waals surface area contributed by atoms with Crippen molar-refractivity contribution in [2.45, 2.75) is 24.9 Å². The topological polar surface area (TPSA) is 69.6 Å². The summed E-state index contributed by atoms with van der Waals surface area (Å²) >= 11 is 1.42. The van der Waals surface area contributed by atoms with Crippen LogP contribution in [-0.2, 0) is 16.8 Å². The Labute approximate surface area is 192 Å². The Morgan fingerprint density at radius 1 is 1.03 bits per heavy atom. The van der Waals surface area contributed by atoms with Crippen LogP contribution in [0, 0.1) is 5.92 Å². The highest BCUT2D eigenvalue weighted by atomic mass is 32.1. The van der Waals surface area contributed by atoms with Crippen molar-refractivity contribution < 1.29 is 14.7 Å². The molecule has 2 heterocycles. The summed E-state index contributed by atoms with van der Waals surface area (Å²) in [6, 6.07) is 22.9. The number of thiophene rings is 1. The minimum Gasteiger partial charge on any atom is -0.383 e. The number of benzene rings is 2. The van der Waals surface area contributed by atoms with Gasteiger partial charge in [0.2, 0.25) is 5.91 Å². The van der Waals surface area contributed by atoms with Crippen LogP contribution < -0.4 is 5.32 Å². The average Bonchev–Trinajstić information content (AvgIpc) is 3.38. The van der Waals surface area contributed by atoms with Crippen LogP contribution in [0.5, 0.6) is 0 Å². The molecule has 2 amide bonds. The van der Waals surface area contributed by atoms with E-state index in [9.17, 15) is 14.7 Å². The van der Waals surface area contributed by atoms with E-state index < -0.39 is 5.60 Å². The van der Waals surface area contributed by atoms with E-state index in [-0.39, 0.29) is 24.3 Å². The van der Waals surface area contributed by atoms with E-state index >= 15 is 0 Å². The van der Waals surface area contributed by atoms with Crippen molar-refractivity contribution >= 4 is 23.2 Å². The van der Waals surface area contributed by atoms with Crippen molar-refractivity contribution in [1.82, 2.24) is 10.2 Å². The first-order valence-electron chi connectivity index (χ1n) is 11.0. The number of rotatable bonds is 7. The second kappa shape index (κ2) is 10.1. The minimum atomic E-state index is -1.22. The lowest BCUT2D eigenvalue weighted by Gasteiger charge is -2.33. The Morgan fingerprint density at radius 2 is 1.75 bits per heavy atom. The number of carbonyl (C=O) groups excluding carboxylic acids is 2. The van der Waals surface area contributed by atoms with Gasteiger partial charge in [-0.2, -0.15) is 0 Å². The maximum Gasteiger partial charge on any atom is 0.263 e. The molecule has 0 spiro atoms. The normalized spacial score (nSPS) is 18.0. The van der Waals surface area contributed by atoms with Crippen LogP contribution in [0.1, 0.15) is 33.6 Å². The average molecular weight is 449 g/mol. The molecule has 6 heteroatoms. The molecule has 0 bridgehead atoms. The van der Waals surface area contributed by atoms with E-state index in [2.05, 4.69) is 5.32 Å². The van der Waals surface area contributed by atoms with Gasteiger partial charge in [-0.3, -0.25) is 9.59 Å². The van der Waals surface area contributed by atoms with E-state index in [4.69, 9.17) is 0 Å². The second-order valence-corrected chi connectivity index (χ2v) is 9.29. The number of hydrogen-bond acceptors (Lipinski definition) is 4. The summed E-state index contributed by atoms with van der Waals surface area (Å²) in [5.41, 5.74) is 0.542. The lowest BCUT2D eigenvalue weighted by Crippen LogP contribution is -2.48. The molecule has 0 aliphatic carbocycles. The molecular weight excluding hydrogens is 420 g/mol. The van der Waals surface area contributed by atoms with Crippen LogP contribution in [0.25, 0.3) is 0 Å². The van der Waals surface area contributed by atoms with E-state index in [0.717, 1.165) is 24.0 Å². The minimum absolute atomic E-state index is 0.0117. The van der Waals surface area contributed by atoms with Crippen LogP contribution in [0.15, 0.2) is 78.2 Å². The number of nitrogens with one attached hydrogen (secondary N) is 1. The number of carbonyl (C=O) groups is 2. The molecule has 0 saturated carbocycles. The number of amides is 2. The fraction of sp³-hybridized carbons (Fsp3) is 0.308. The van der Waals surface area contributed by atoms with Gasteiger partial charge in [-0.25, -0.2) is 0 Å². The van der Waals surface area contributed by atoms with Gasteiger partial charge in [-0.05, 0) is 35.4 Å². The van der Waals surface area contributed by atoms with Crippen molar-refractivity contribution in [3.05, 3.63) is 94.2 Å². The highest BCUT2D eigenvalue weighted by Crippen LogP contribution is 2.26. The Hall–Kier alpha value is -2.96. The molecule has 1 saturated heterocycles. The van der Waals surface area contributed by atoms with Crippen molar-refractivity contribution in [2.24, 2.45) is 5.92 Å². The van der Waals surface area contributed by atoms with Crippen molar-refractivity contribution in [2.75, 3.05) is 19.6 Å². The maximum absolute atomic E-state index is 13.0. The maximum atomic E-state index is 13.0. The highest BCUT2D eigenvalue weighted by Gasteiger charge is 2.33. The third kappa shape index (κ3) is 5.26. The largest absolute Gasteiger partial charge is 0.383 e. The Balaban J connectivity index is 1.43. The molecule has 166 valence electrons. The molecule has 4 rings (SSSR count). The lowest BCUT2D eigenvalue weighted by molar-refractivity contribution is -0.127. The highest BCUT2D eigenvalue weighted by molar-refractivity contribution is 7.12. The van der Waals surface area contributed by atoms with Gasteiger partial charge < -0.3 is 15.3 Å². The molecule has 1 aliphatic heterocycles. The number of likely N-dealkylation sites (tertiary alicyclic amines) is 1. The summed E-state index contributed by atoms with van der Waals surface area (Å²) in [5, 5.41) is 16.4. The molecule has 0 unspecified atom stereocenters. The molecule has 2 atom stereocenters. The summed E-state index contributed by atoms with van der Waals surface area (Å²) in [6.45, 7) is 1.19. The van der Waals surface area contributed by atoms with Gasteiger partial charge in [0.1, 0.15) is 5.60 Å². The summed E-state index contributed by atoms with van der Waals surface area (Å²) in [7, 11) is 0. The smallest absolute Gasteiger partial charge is 0.263 e. The SMILES string of the molecule is O=C(NC[C@](O)(Cc1ccccc1)c1ccccc1)[C@H]1CCCN(C(=O)c2cccs2)C1. The zero-order chi connectivity index (χ0) is 22.4. The molecule has 2 N–H and O–H groups in total. The monoisotopic (exact) mass is 448 g/mol. The molecule has 3 aromatic rings. The van der Waals surface area contributed by atoms with Crippen molar-refractivity contribution in [1.29, 1.82) is 0 Å². The van der Waals surface area contributed by atoms with Crippen LogP contribution in [0.2, 0.25) is 0 Å². The van der Waals surface area contributed by atoms with Gasteiger partial charge in [0.15, 0.2) is 0 Å². The number of aliphatic hydroxyl groups is 1. The standard InChI is InChI=1S/C26H28N2O3S/c29-24(21-11-7-15-28(18-21)25(30)23-14-8-16-32-23)27-19-26(31,22-12-5-2-6-13-22)17-20-9-3-1-4-10-20/h1-6,8-10,12-14,16,21,31H,7,11,15,17-19H2,(H,27,29)/t21-,26+/m0/s1. The Bertz CT molecular complexity index is 1020. The summed E-state index contributed by atoms with van der Waals surface area (Å²) in [5.74, 6) is -0.400. The van der Waals surface area contributed by atoms with Crippen molar-refractivity contribution in [3.63, 3.8) is 0 Å². The van der Waals surface area contributed by atoms with E-state index in [1.807, 2.05) is 78.2 Å². The van der Waals surface area contributed by atoms with E-state index in [1.54, 1.807) is 4.90 Å².